The first-order valence-electron chi connectivity index (χ1n) is 5.73. The van der Waals surface area contributed by atoms with Crippen molar-refractivity contribution in [3.8, 4) is 0 Å². The van der Waals surface area contributed by atoms with Crippen LogP contribution in [-0.2, 0) is 0 Å². The lowest BCUT2D eigenvalue weighted by atomic mass is 10.0. The second-order valence-electron chi connectivity index (χ2n) is 4.29. The number of nitrogens with one attached hydrogen (secondary N) is 2. The van der Waals surface area contributed by atoms with Crippen LogP contribution >= 0.6 is 0 Å². The van der Waals surface area contributed by atoms with Crippen LogP contribution < -0.4 is 5.32 Å². The molecule has 5 heteroatoms. The summed E-state index contributed by atoms with van der Waals surface area (Å²) in [5.41, 5.74) is 0.429. The van der Waals surface area contributed by atoms with Crippen LogP contribution in [0.15, 0.2) is 12.3 Å². The smallest absolute Gasteiger partial charge is 0.269 e. The summed E-state index contributed by atoms with van der Waals surface area (Å²) >= 11 is 0. The molecule has 0 radical (unpaired) electrons. The SMILES string of the molecule is O=C(NCC(O)C1CCCC1)c1ccn[nH]1. The monoisotopic (exact) mass is 223 g/mol. The van der Waals surface area contributed by atoms with Crippen molar-refractivity contribution in [2.75, 3.05) is 6.54 Å². The van der Waals surface area contributed by atoms with E-state index in [4.69, 9.17) is 0 Å². The molecule has 1 aliphatic rings. The summed E-state index contributed by atoms with van der Waals surface area (Å²) in [5.74, 6) is 0.136. The first-order chi connectivity index (χ1) is 7.77. The number of aliphatic hydroxyl groups excluding tert-OH is 1. The largest absolute Gasteiger partial charge is 0.391 e. The highest BCUT2D eigenvalue weighted by Crippen LogP contribution is 2.27. The molecule has 0 aliphatic heterocycles. The minimum Gasteiger partial charge on any atom is -0.391 e. The van der Waals surface area contributed by atoms with Gasteiger partial charge in [0, 0.05) is 12.7 Å². The predicted octanol–water partition coefficient (Wildman–Crippen LogP) is 0.691. The fourth-order valence-electron chi connectivity index (χ4n) is 2.18. The fraction of sp³-hybridized carbons (Fsp3) is 0.636. The number of aliphatic hydroxyl groups is 1. The Morgan fingerprint density at radius 1 is 1.62 bits per heavy atom. The molecule has 0 aromatic carbocycles. The molecule has 2 rings (SSSR count). The number of nitrogens with zero attached hydrogens (tertiary/aromatic N) is 1. The summed E-state index contributed by atoms with van der Waals surface area (Å²) in [6.07, 6.45) is 5.63. The zero-order chi connectivity index (χ0) is 11.4. The first kappa shape index (κ1) is 11.1. The molecule has 16 heavy (non-hydrogen) atoms. The minimum absolute atomic E-state index is 0.213. The third-order valence-corrected chi connectivity index (χ3v) is 3.16. The Hall–Kier alpha value is -1.36. The number of hydrogen-bond acceptors (Lipinski definition) is 3. The van der Waals surface area contributed by atoms with Crippen LogP contribution in [0.4, 0.5) is 0 Å². The molecule has 1 aromatic heterocycles. The van der Waals surface area contributed by atoms with Crippen LogP contribution in [0.25, 0.3) is 0 Å². The third kappa shape index (κ3) is 2.61. The van der Waals surface area contributed by atoms with Gasteiger partial charge in [0.1, 0.15) is 5.69 Å². The van der Waals surface area contributed by atoms with Crippen LogP contribution in [0.1, 0.15) is 36.2 Å². The van der Waals surface area contributed by atoms with Crippen molar-refractivity contribution in [2.45, 2.75) is 31.8 Å². The Bertz CT molecular complexity index is 331. The van der Waals surface area contributed by atoms with Crippen LogP contribution in [0.5, 0.6) is 0 Å². The second-order valence-corrected chi connectivity index (χ2v) is 4.29. The molecule has 3 N–H and O–H groups in total. The van der Waals surface area contributed by atoms with E-state index in [1.165, 1.54) is 19.0 Å². The van der Waals surface area contributed by atoms with Gasteiger partial charge in [-0.05, 0) is 24.8 Å². The fourth-order valence-corrected chi connectivity index (χ4v) is 2.18. The molecule has 0 saturated heterocycles. The van der Waals surface area contributed by atoms with Crippen LogP contribution in [-0.4, -0.2) is 33.9 Å². The molecule has 1 atom stereocenters. The molecule has 1 amide bonds. The van der Waals surface area contributed by atoms with Crippen molar-refractivity contribution >= 4 is 5.91 Å². The minimum atomic E-state index is -0.422. The molecule has 88 valence electrons. The number of carbonyl (C=O) groups excluding carboxylic acids is 1. The van der Waals surface area contributed by atoms with Gasteiger partial charge in [-0.25, -0.2) is 0 Å². The highest BCUT2D eigenvalue weighted by molar-refractivity contribution is 5.92. The van der Waals surface area contributed by atoms with Gasteiger partial charge in [0.15, 0.2) is 0 Å². The molecule has 0 bridgehead atoms. The lowest BCUT2D eigenvalue weighted by molar-refractivity contribution is 0.0836. The maximum Gasteiger partial charge on any atom is 0.269 e. The molecule has 1 heterocycles. The van der Waals surface area contributed by atoms with E-state index in [9.17, 15) is 9.90 Å². The first-order valence-corrected chi connectivity index (χ1v) is 5.73. The Labute approximate surface area is 94.2 Å². The number of aromatic nitrogens is 2. The summed E-state index contributed by atoms with van der Waals surface area (Å²) < 4.78 is 0. The van der Waals surface area contributed by atoms with Crippen molar-refractivity contribution < 1.29 is 9.90 Å². The predicted molar refractivity (Wildman–Crippen MR) is 58.9 cm³/mol. The lowest BCUT2D eigenvalue weighted by Gasteiger charge is -2.17. The number of carbonyl (C=O) groups is 1. The Morgan fingerprint density at radius 3 is 3.00 bits per heavy atom. The van der Waals surface area contributed by atoms with Crippen molar-refractivity contribution in [1.29, 1.82) is 0 Å². The van der Waals surface area contributed by atoms with Gasteiger partial charge in [-0.1, -0.05) is 12.8 Å². The van der Waals surface area contributed by atoms with Gasteiger partial charge in [-0.2, -0.15) is 5.10 Å². The van der Waals surface area contributed by atoms with Crippen LogP contribution in [0, 0.1) is 5.92 Å². The van der Waals surface area contributed by atoms with Gasteiger partial charge in [0.05, 0.1) is 6.10 Å². The third-order valence-electron chi connectivity index (χ3n) is 3.16. The zero-order valence-electron chi connectivity index (χ0n) is 9.15. The molecular weight excluding hydrogens is 206 g/mol. The van der Waals surface area contributed by atoms with Gasteiger partial charge in [-0.15, -0.1) is 0 Å². The summed E-state index contributed by atoms with van der Waals surface area (Å²) in [4.78, 5) is 11.5. The van der Waals surface area contributed by atoms with Gasteiger partial charge in [-0.3, -0.25) is 9.89 Å². The maximum atomic E-state index is 11.5. The number of amides is 1. The number of rotatable bonds is 4. The van der Waals surface area contributed by atoms with E-state index in [0.717, 1.165) is 12.8 Å². The van der Waals surface area contributed by atoms with Crippen molar-refractivity contribution in [1.82, 2.24) is 15.5 Å². The molecule has 0 spiro atoms. The van der Waals surface area contributed by atoms with Crippen molar-refractivity contribution in [3.63, 3.8) is 0 Å². The average Bonchev–Trinajstić information content (AvgIpc) is 2.95. The molecule has 1 saturated carbocycles. The average molecular weight is 223 g/mol. The summed E-state index contributed by atoms with van der Waals surface area (Å²) in [6.45, 7) is 0.322. The number of H-pyrrole nitrogens is 1. The van der Waals surface area contributed by atoms with Gasteiger partial charge < -0.3 is 10.4 Å². The highest BCUT2D eigenvalue weighted by Gasteiger charge is 2.23. The maximum absolute atomic E-state index is 11.5. The summed E-state index contributed by atoms with van der Waals surface area (Å²) in [6, 6.07) is 1.61. The summed E-state index contributed by atoms with van der Waals surface area (Å²) in [7, 11) is 0. The lowest BCUT2D eigenvalue weighted by Crippen LogP contribution is -2.35. The topological polar surface area (TPSA) is 78.0 Å². The van der Waals surface area contributed by atoms with E-state index in [0.29, 0.717) is 18.2 Å². The van der Waals surface area contributed by atoms with Crippen molar-refractivity contribution in [2.24, 2.45) is 5.92 Å². The quantitative estimate of drug-likeness (QED) is 0.702. The number of hydrogen-bond donors (Lipinski definition) is 3. The van der Waals surface area contributed by atoms with Gasteiger partial charge >= 0.3 is 0 Å². The Kier molecular flexibility index (Phi) is 3.56. The molecule has 1 aromatic rings. The molecule has 1 unspecified atom stereocenters. The van der Waals surface area contributed by atoms with E-state index in [1.54, 1.807) is 6.07 Å². The van der Waals surface area contributed by atoms with Crippen LogP contribution in [0.3, 0.4) is 0 Å². The second kappa shape index (κ2) is 5.12. The van der Waals surface area contributed by atoms with Crippen LogP contribution in [0.2, 0.25) is 0 Å². The molecule has 5 nitrogen and oxygen atoms in total. The molecule has 1 fully saturated rings. The summed E-state index contributed by atoms with van der Waals surface area (Å²) in [5, 5.41) is 18.8. The normalized spacial score (nSPS) is 18.6. The van der Waals surface area contributed by atoms with E-state index in [1.807, 2.05) is 0 Å². The standard InChI is InChI=1S/C11H17N3O2/c15-10(8-3-1-2-4-8)7-12-11(16)9-5-6-13-14-9/h5-6,8,10,15H,1-4,7H2,(H,12,16)(H,13,14). The Balaban J connectivity index is 1.76. The molecule has 1 aliphatic carbocycles. The molecular formula is C11H17N3O2. The number of aromatic amines is 1. The van der Waals surface area contributed by atoms with E-state index in [2.05, 4.69) is 15.5 Å². The zero-order valence-corrected chi connectivity index (χ0v) is 9.15. The van der Waals surface area contributed by atoms with E-state index >= 15 is 0 Å². The van der Waals surface area contributed by atoms with E-state index < -0.39 is 6.10 Å². The van der Waals surface area contributed by atoms with Gasteiger partial charge in [0.2, 0.25) is 0 Å². The van der Waals surface area contributed by atoms with Crippen molar-refractivity contribution in [3.05, 3.63) is 18.0 Å². The Morgan fingerprint density at radius 2 is 2.38 bits per heavy atom. The van der Waals surface area contributed by atoms with Gasteiger partial charge in [0.25, 0.3) is 5.91 Å². The highest BCUT2D eigenvalue weighted by atomic mass is 16.3. The van der Waals surface area contributed by atoms with E-state index in [-0.39, 0.29) is 5.91 Å².